The Kier molecular flexibility index (Phi) is 6.26. The average Bonchev–Trinajstić information content (AvgIpc) is 2.29. The van der Waals surface area contributed by atoms with E-state index in [-0.39, 0.29) is 0 Å². The predicted octanol–water partition coefficient (Wildman–Crippen LogP) is 2.50. The highest BCUT2D eigenvalue weighted by atomic mass is 15.2. The highest BCUT2D eigenvalue weighted by Crippen LogP contribution is 2.18. The lowest BCUT2D eigenvalue weighted by atomic mass is 9.96. The first-order chi connectivity index (χ1) is 7.27. The molecule has 0 amide bonds. The third kappa shape index (κ3) is 4.52. The Morgan fingerprint density at radius 3 is 2.87 bits per heavy atom. The Labute approximate surface area is 95.4 Å². The molecule has 0 aromatic heterocycles. The summed E-state index contributed by atoms with van der Waals surface area (Å²) in [6, 6.07) is 0.777. The van der Waals surface area contributed by atoms with Gasteiger partial charge in [0.15, 0.2) is 0 Å². The van der Waals surface area contributed by atoms with Crippen LogP contribution < -0.4 is 5.32 Å². The van der Waals surface area contributed by atoms with Crippen molar-refractivity contribution in [1.29, 1.82) is 0 Å². The van der Waals surface area contributed by atoms with E-state index in [1.807, 2.05) is 0 Å². The summed E-state index contributed by atoms with van der Waals surface area (Å²) in [7, 11) is 0. The summed E-state index contributed by atoms with van der Waals surface area (Å²) in [6.45, 7) is 11.9. The Hall–Kier alpha value is -0.0800. The van der Waals surface area contributed by atoms with Crippen molar-refractivity contribution in [2.45, 2.75) is 52.5 Å². The molecule has 1 N–H and O–H groups in total. The zero-order chi connectivity index (χ0) is 11.1. The van der Waals surface area contributed by atoms with Crippen molar-refractivity contribution in [3.8, 4) is 0 Å². The lowest BCUT2D eigenvalue weighted by Crippen LogP contribution is -2.43. The van der Waals surface area contributed by atoms with Crippen LogP contribution in [0.3, 0.4) is 0 Å². The molecule has 0 radical (unpaired) electrons. The SMILES string of the molecule is CCCNCC1CCCN(C(C)CC)C1. The molecule has 0 aliphatic carbocycles. The zero-order valence-electron chi connectivity index (χ0n) is 10.8. The summed E-state index contributed by atoms with van der Waals surface area (Å²) in [4.78, 5) is 2.67. The first-order valence-electron chi connectivity index (χ1n) is 6.72. The summed E-state index contributed by atoms with van der Waals surface area (Å²) < 4.78 is 0. The number of piperidine rings is 1. The van der Waals surface area contributed by atoms with Crippen LogP contribution in [0, 0.1) is 5.92 Å². The van der Waals surface area contributed by atoms with Gasteiger partial charge in [-0.05, 0) is 58.2 Å². The Bertz CT molecular complexity index is 159. The number of nitrogens with zero attached hydrogens (tertiary/aromatic N) is 1. The summed E-state index contributed by atoms with van der Waals surface area (Å²) in [5.41, 5.74) is 0. The van der Waals surface area contributed by atoms with Gasteiger partial charge in [-0.1, -0.05) is 13.8 Å². The normalized spacial score (nSPS) is 25.4. The van der Waals surface area contributed by atoms with Gasteiger partial charge < -0.3 is 10.2 Å². The summed E-state index contributed by atoms with van der Waals surface area (Å²) in [5, 5.41) is 3.56. The fraction of sp³-hybridized carbons (Fsp3) is 1.00. The van der Waals surface area contributed by atoms with E-state index >= 15 is 0 Å². The van der Waals surface area contributed by atoms with Crippen LogP contribution in [0.1, 0.15) is 46.5 Å². The molecular weight excluding hydrogens is 184 g/mol. The standard InChI is InChI=1S/C13H28N2/c1-4-8-14-10-13-7-6-9-15(11-13)12(3)5-2/h12-14H,4-11H2,1-3H3. The lowest BCUT2D eigenvalue weighted by molar-refractivity contribution is 0.128. The van der Waals surface area contributed by atoms with Gasteiger partial charge in [0.05, 0.1) is 0 Å². The van der Waals surface area contributed by atoms with Gasteiger partial charge in [-0.15, -0.1) is 0 Å². The monoisotopic (exact) mass is 212 g/mol. The van der Waals surface area contributed by atoms with Crippen molar-refractivity contribution in [3.63, 3.8) is 0 Å². The minimum absolute atomic E-state index is 0.777. The third-order valence-corrected chi connectivity index (χ3v) is 3.62. The van der Waals surface area contributed by atoms with Crippen molar-refractivity contribution in [2.24, 2.45) is 5.92 Å². The van der Waals surface area contributed by atoms with Gasteiger partial charge in [0, 0.05) is 12.6 Å². The average molecular weight is 212 g/mol. The van der Waals surface area contributed by atoms with E-state index < -0.39 is 0 Å². The Morgan fingerprint density at radius 2 is 2.20 bits per heavy atom. The van der Waals surface area contributed by atoms with E-state index in [0.717, 1.165) is 12.0 Å². The van der Waals surface area contributed by atoms with Crippen LogP contribution in [-0.2, 0) is 0 Å². The second-order valence-electron chi connectivity index (χ2n) is 4.96. The second kappa shape index (κ2) is 7.24. The highest BCUT2D eigenvalue weighted by Gasteiger charge is 2.21. The molecule has 0 aromatic rings. The predicted molar refractivity (Wildman–Crippen MR) is 67.2 cm³/mol. The van der Waals surface area contributed by atoms with E-state index in [9.17, 15) is 0 Å². The first kappa shape index (κ1) is 13.0. The molecule has 1 saturated heterocycles. The van der Waals surface area contributed by atoms with Gasteiger partial charge in [0.1, 0.15) is 0 Å². The van der Waals surface area contributed by atoms with Crippen molar-refractivity contribution in [3.05, 3.63) is 0 Å². The van der Waals surface area contributed by atoms with Gasteiger partial charge in [0.2, 0.25) is 0 Å². The topological polar surface area (TPSA) is 15.3 Å². The van der Waals surface area contributed by atoms with E-state index in [4.69, 9.17) is 0 Å². The summed E-state index contributed by atoms with van der Waals surface area (Å²) in [6.07, 6.45) is 5.35. The number of hydrogen-bond donors (Lipinski definition) is 1. The maximum atomic E-state index is 3.56. The molecule has 0 spiro atoms. The molecule has 0 aromatic carbocycles. The Morgan fingerprint density at radius 1 is 1.40 bits per heavy atom. The smallest absolute Gasteiger partial charge is 0.00644 e. The molecule has 2 atom stereocenters. The van der Waals surface area contributed by atoms with Gasteiger partial charge >= 0.3 is 0 Å². The zero-order valence-corrected chi connectivity index (χ0v) is 10.8. The van der Waals surface area contributed by atoms with E-state index in [1.54, 1.807) is 0 Å². The molecule has 90 valence electrons. The number of hydrogen-bond acceptors (Lipinski definition) is 2. The number of likely N-dealkylation sites (tertiary alicyclic amines) is 1. The highest BCUT2D eigenvalue weighted by molar-refractivity contribution is 4.77. The van der Waals surface area contributed by atoms with Crippen LogP contribution in [0.15, 0.2) is 0 Å². The van der Waals surface area contributed by atoms with E-state index in [0.29, 0.717) is 0 Å². The van der Waals surface area contributed by atoms with Gasteiger partial charge in [0.25, 0.3) is 0 Å². The molecule has 1 rings (SSSR count). The van der Waals surface area contributed by atoms with Crippen LogP contribution in [0.25, 0.3) is 0 Å². The minimum Gasteiger partial charge on any atom is -0.316 e. The van der Waals surface area contributed by atoms with Crippen molar-refractivity contribution < 1.29 is 0 Å². The quantitative estimate of drug-likeness (QED) is 0.681. The van der Waals surface area contributed by atoms with Crippen LogP contribution >= 0.6 is 0 Å². The molecule has 2 nitrogen and oxygen atoms in total. The van der Waals surface area contributed by atoms with Crippen LogP contribution in [0.5, 0.6) is 0 Å². The molecule has 1 aliphatic heterocycles. The Balaban J connectivity index is 2.22. The molecular formula is C13H28N2. The molecule has 1 aliphatic rings. The number of nitrogens with one attached hydrogen (secondary N) is 1. The third-order valence-electron chi connectivity index (χ3n) is 3.62. The molecule has 0 saturated carbocycles. The number of rotatable bonds is 6. The van der Waals surface area contributed by atoms with Crippen LogP contribution in [0.2, 0.25) is 0 Å². The fourth-order valence-corrected chi connectivity index (χ4v) is 2.41. The maximum absolute atomic E-state index is 3.56. The largest absolute Gasteiger partial charge is 0.316 e. The molecule has 2 unspecified atom stereocenters. The second-order valence-corrected chi connectivity index (χ2v) is 4.96. The molecule has 1 heterocycles. The maximum Gasteiger partial charge on any atom is 0.00644 e. The van der Waals surface area contributed by atoms with Crippen molar-refractivity contribution >= 4 is 0 Å². The van der Waals surface area contributed by atoms with Crippen LogP contribution in [0.4, 0.5) is 0 Å². The van der Waals surface area contributed by atoms with Crippen molar-refractivity contribution in [1.82, 2.24) is 10.2 Å². The molecule has 0 bridgehead atoms. The summed E-state index contributed by atoms with van der Waals surface area (Å²) >= 11 is 0. The van der Waals surface area contributed by atoms with Gasteiger partial charge in [-0.25, -0.2) is 0 Å². The molecule has 15 heavy (non-hydrogen) atoms. The first-order valence-corrected chi connectivity index (χ1v) is 6.72. The minimum atomic E-state index is 0.777. The molecule has 2 heteroatoms. The van der Waals surface area contributed by atoms with Crippen molar-refractivity contribution in [2.75, 3.05) is 26.2 Å². The lowest BCUT2D eigenvalue weighted by Gasteiger charge is -2.36. The van der Waals surface area contributed by atoms with Gasteiger partial charge in [-0.2, -0.15) is 0 Å². The van der Waals surface area contributed by atoms with E-state index in [2.05, 4.69) is 31.0 Å². The van der Waals surface area contributed by atoms with Crippen LogP contribution in [-0.4, -0.2) is 37.1 Å². The summed E-state index contributed by atoms with van der Waals surface area (Å²) in [5.74, 6) is 0.888. The van der Waals surface area contributed by atoms with Gasteiger partial charge in [-0.3, -0.25) is 0 Å². The van der Waals surface area contributed by atoms with E-state index in [1.165, 1.54) is 51.9 Å². The fourth-order valence-electron chi connectivity index (χ4n) is 2.41. The molecule has 1 fully saturated rings.